The molecule has 3 atom stereocenters. The molecule has 1 aliphatic carbocycles. The van der Waals surface area contributed by atoms with Gasteiger partial charge in [-0.3, -0.25) is 4.79 Å². The number of carbonyl (C=O) groups is 1. The second-order valence-corrected chi connectivity index (χ2v) is 10.5. The predicted octanol–water partition coefficient (Wildman–Crippen LogP) is 6.26. The fraction of sp³-hybridized carbons (Fsp3) is 0.318. The number of thiophene rings is 2. The summed E-state index contributed by atoms with van der Waals surface area (Å²) in [5.41, 5.74) is 4.88. The fourth-order valence-corrected chi connectivity index (χ4v) is 6.64. The Labute approximate surface area is 182 Å². The van der Waals surface area contributed by atoms with Crippen LogP contribution < -0.4 is 0 Å². The molecule has 2 aliphatic rings. The van der Waals surface area contributed by atoms with Crippen LogP contribution in [0.1, 0.15) is 50.9 Å². The van der Waals surface area contributed by atoms with Crippen LogP contribution in [-0.4, -0.2) is 21.6 Å². The zero-order valence-corrected chi connectivity index (χ0v) is 18.7. The van der Waals surface area contributed by atoms with Gasteiger partial charge in [0.15, 0.2) is 0 Å². The summed E-state index contributed by atoms with van der Waals surface area (Å²) < 4.78 is 0. The van der Waals surface area contributed by atoms with Gasteiger partial charge >= 0.3 is 0 Å². The third-order valence-electron chi connectivity index (χ3n) is 5.61. The van der Waals surface area contributed by atoms with E-state index in [0.717, 1.165) is 24.2 Å². The molecule has 1 saturated carbocycles. The maximum Gasteiger partial charge on any atom is 0.286 e. The number of nitrogens with zero attached hydrogens (tertiary/aromatic N) is 3. The molecule has 1 aliphatic heterocycles. The lowest BCUT2D eigenvalue weighted by atomic mass is 9.74. The van der Waals surface area contributed by atoms with E-state index in [1.54, 1.807) is 33.2 Å². The number of hydrogen-bond acceptors (Lipinski definition) is 6. The summed E-state index contributed by atoms with van der Waals surface area (Å²) in [5.74, 6) is 0.766. The largest absolute Gasteiger partial charge is 0.286 e. The maximum absolute atomic E-state index is 13.5. The molecule has 0 N–H and O–H groups in total. The predicted molar refractivity (Wildman–Crippen MR) is 122 cm³/mol. The topological polar surface area (TPSA) is 45.6 Å². The van der Waals surface area contributed by atoms with Gasteiger partial charge in [-0.1, -0.05) is 19.1 Å². The first-order valence-corrected chi connectivity index (χ1v) is 12.4. The van der Waals surface area contributed by atoms with E-state index in [1.165, 1.54) is 26.7 Å². The van der Waals surface area contributed by atoms with Crippen LogP contribution in [0.2, 0.25) is 0 Å². The first kappa shape index (κ1) is 18.9. The smallest absolute Gasteiger partial charge is 0.266 e. The molecule has 148 valence electrons. The highest BCUT2D eigenvalue weighted by Crippen LogP contribution is 2.47. The van der Waals surface area contributed by atoms with Crippen molar-refractivity contribution in [1.29, 1.82) is 0 Å². The second-order valence-electron chi connectivity index (χ2n) is 7.70. The molecular formula is C22H21N3OS3. The number of aromatic nitrogens is 1. The number of hydrogen-bond donors (Lipinski definition) is 0. The Balaban J connectivity index is 1.60. The molecule has 3 aromatic heterocycles. The molecule has 0 spiro atoms. The highest BCUT2D eigenvalue weighted by atomic mass is 32.1. The zero-order valence-electron chi connectivity index (χ0n) is 16.2. The van der Waals surface area contributed by atoms with E-state index in [1.807, 2.05) is 6.92 Å². The van der Waals surface area contributed by atoms with Crippen molar-refractivity contribution >= 4 is 51.7 Å². The van der Waals surface area contributed by atoms with Gasteiger partial charge in [-0.25, -0.2) is 9.99 Å². The Kier molecular flexibility index (Phi) is 4.97. The number of fused-ring (bicyclic) bond motifs is 1. The van der Waals surface area contributed by atoms with E-state index in [4.69, 9.17) is 5.10 Å². The minimum atomic E-state index is -0.0339. The van der Waals surface area contributed by atoms with Crippen molar-refractivity contribution in [2.45, 2.75) is 32.7 Å². The SMILES string of the molecule is Cc1ncsc1C(=O)N1N=C2/C(=C\c3cccs3)C[C@H](C)C[C@@H]2[C@H]1c1cccs1. The molecule has 0 aromatic carbocycles. The van der Waals surface area contributed by atoms with Crippen LogP contribution in [0.4, 0.5) is 0 Å². The van der Waals surface area contributed by atoms with Gasteiger partial charge in [-0.05, 0) is 60.2 Å². The Morgan fingerprint density at radius 1 is 1.21 bits per heavy atom. The molecule has 29 heavy (non-hydrogen) atoms. The Bertz CT molecular complexity index is 1080. The molecule has 4 heterocycles. The van der Waals surface area contributed by atoms with Crippen LogP contribution in [0, 0.1) is 18.8 Å². The summed E-state index contributed by atoms with van der Waals surface area (Å²) in [6, 6.07) is 8.38. The lowest BCUT2D eigenvalue weighted by molar-refractivity contribution is 0.0684. The molecule has 0 saturated heterocycles. The third kappa shape index (κ3) is 3.41. The lowest BCUT2D eigenvalue weighted by Crippen LogP contribution is -2.32. The summed E-state index contributed by atoms with van der Waals surface area (Å²) in [5, 5.41) is 10.9. The van der Waals surface area contributed by atoms with Gasteiger partial charge < -0.3 is 0 Å². The first-order chi connectivity index (χ1) is 14.1. The van der Waals surface area contributed by atoms with E-state index >= 15 is 0 Å². The highest BCUT2D eigenvalue weighted by Gasteiger charge is 2.46. The Hall–Kier alpha value is -2.09. The second kappa shape index (κ2) is 7.63. The van der Waals surface area contributed by atoms with Crippen molar-refractivity contribution in [3.05, 3.63) is 66.4 Å². The lowest BCUT2D eigenvalue weighted by Gasteiger charge is -2.31. The van der Waals surface area contributed by atoms with Crippen LogP contribution >= 0.6 is 34.0 Å². The number of amides is 1. The van der Waals surface area contributed by atoms with E-state index in [2.05, 4.69) is 53.0 Å². The van der Waals surface area contributed by atoms with Gasteiger partial charge in [0, 0.05) is 15.7 Å². The van der Waals surface area contributed by atoms with Gasteiger partial charge in [0.25, 0.3) is 5.91 Å². The molecule has 7 heteroatoms. The van der Waals surface area contributed by atoms with E-state index in [0.29, 0.717) is 10.8 Å². The van der Waals surface area contributed by atoms with Crippen LogP contribution in [0.3, 0.4) is 0 Å². The monoisotopic (exact) mass is 439 g/mol. The van der Waals surface area contributed by atoms with Crippen molar-refractivity contribution in [2.75, 3.05) is 0 Å². The molecule has 1 amide bonds. The quantitative estimate of drug-likeness (QED) is 0.484. The fourth-order valence-electron chi connectivity index (χ4n) is 4.35. The van der Waals surface area contributed by atoms with Crippen LogP contribution in [0.5, 0.6) is 0 Å². The molecule has 4 nitrogen and oxygen atoms in total. The highest BCUT2D eigenvalue weighted by molar-refractivity contribution is 7.12. The van der Waals surface area contributed by atoms with Gasteiger partial charge in [-0.15, -0.1) is 34.0 Å². The molecule has 0 radical (unpaired) electrons. The van der Waals surface area contributed by atoms with Gasteiger partial charge in [0.2, 0.25) is 0 Å². The number of aryl methyl sites for hydroxylation is 1. The average molecular weight is 440 g/mol. The summed E-state index contributed by atoms with van der Waals surface area (Å²) in [7, 11) is 0. The molecule has 3 aromatic rings. The van der Waals surface area contributed by atoms with E-state index in [9.17, 15) is 4.79 Å². The number of hydrazone groups is 1. The first-order valence-electron chi connectivity index (χ1n) is 9.72. The number of rotatable bonds is 3. The van der Waals surface area contributed by atoms with Crippen LogP contribution in [-0.2, 0) is 0 Å². The van der Waals surface area contributed by atoms with Crippen molar-refractivity contribution in [3.8, 4) is 0 Å². The molecule has 1 fully saturated rings. The standard InChI is InChI=1S/C22H21N3OS3/c1-13-9-15(11-16-5-3-7-27-16)19-17(10-13)20(18-6-4-8-28-18)25(24-19)22(26)21-14(2)23-12-29-21/h3-8,11-13,17,20H,9-10H2,1-2H3/b15-11-/t13-,17-,20-/m0/s1. The van der Waals surface area contributed by atoms with Crippen molar-refractivity contribution in [1.82, 2.24) is 9.99 Å². The molecular weight excluding hydrogens is 418 g/mol. The minimum absolute atomic E-state index is 0.0338. The zero-order chi connectivity index (χ0) is 20.0. The molecule has 5 rings (SSSR count). The summed E-state index contributed by atoms with van der Waals surface area (Å²) in [6.45, 7) is 4.20. The van der Waals surface area contributed by atoms with E-state index < -0.39 is 0 Å². The van der Waals surface area contributed by atoms with Gasteiger partial charge in [-0.2, -0.15) is 5.10 Å². The summed E-state index contributed by atoms with van der Waals surface area (Å²) in [4.78, 5) is 20.9. The van der Waals surface area contributed by atoms with Crippen molar-refractivity contribution < 1.29 is 4.79 Å². The van der Waals surface area contributed by atoms with Crippen LogP contribution in [0.15, 0.2) is 51.2 Å². The Morgan fingerprint density at radius 3 is 2.72 bits per heavy atom. The number of thiazole rings is 1. The average Bonchev–Trinajstić information content (AvgIpc) is 3.48. The van der Waals surface area contributed by atoms with Gasteiger partial charge in [0.05, 0.1) is 23.0 Å². The summed E-state index contributed by atoms with van der Waals surface area (Å²) >= 11 is 4.85. The van der Waals surface area contributed by atoms with E-state index in [-0.39, 0.29) is 17.9 Å². The van der Waals surface area contributed by atoms with Crippen molar-refractivity contribution in [3.63, 3.8) is 0 Å². The maximum atomic E-state index is 13.5. The number of carbonyl (C=O) groups excluding carboxylic acids is 1. The van der Waals surface area contributed by atoms with Crippen LogP contribution in [0.25, 0.3) is 6.08 Å². The Morgan fingerprint density at radius 2 is 2.03 bits per heavy atom. The normalized spacial score (nSPS) is 25.3. The van der Waals surface area contributed by atoms with Crippen molar-refractivity contribution in [2.24, 2.45) is 16.9 Å². The number of allylic oxidation sites excluding steroid dienone is 1. The van der Waals surface area contributed by atoms with Gasteiger partial charge in [0.1, 0.15) is 4.88 Å². The molecule has 0 bridgehead atoms. The molecule has 0 unspecified atom stereocenters. The summed E-state index contributed by atoms with van der Waals surface area (Å²) in [6.07, 6.45) is 4.32. The minimum Gasteiger partial charge on any atom is -0.266 e. The third-order valence-corrected chi connectivity index (χ3v) is 8.29.